The highest BCUT2D eigenvalue weighted by molar-refractivity contribution is 6.32. The molecule has 156 valence electrons. The molecule has 2 aromatic rings. The Morgan fingerprint density at radius 1 is 1.33 bits per heavy atom. The molecule has 0 aliphatic carbocycles. The lowest BCUT2D eigenvalue weighted by atomic mass is 10.1. The highest BCUT2D eigenvalue weighted by atomic mass is 35.5. The summed E-state index contributed by atoms with van der Waals surface area (Å²) in [5.41, 5.74) is -1.00. The van der Waals surface area contributed by atoms with Gasteiger partial charge in [-0.25, -0.2) is 0 Å². The predicted octanol–water partition coefficient (Wildman–Crippen LogP) is 5.48. The molecule has 0 aliphatic rings. The number of alkyl halides is 3. The molecule has 30 heavy (non-hydrogen) atoms. The molecule has 0 fully saturated rings. The van der Waals surface area contributed by atoms with Crippen LogP contribution in [0, 0.1) is 11.3 Å². The minimum Gasteiger partial charge on any atom is -0.493 e. The summed E-state index contributed by atoms with van der Waals surface area (Å²) in [6.45, 7) is 3.73. The second-order valence-corrected chi connectivity index (χ2v) is 6.24. The Morgan fingerprint density at radius 2 is 2.07 bits per heavy atom. The maximum atomic E-state index is 12.8. The van der Waals surface area contributed by atoms with Gasteiger partial charge in [-0.15, -0.1) is 0 Å². The molecule has 0 atom stereocenters. The maximum absolute atomic E-state index is 12.8. The molecule has 2 rings (SSSR count). The molecule has 9 heteroatoms. The van der Waals surface area contributed by atoms with Crippen LogP contribution >= 0.6 is 11.6 Å². The van der Waals surface area contributed by atoms with Crippen LogP contribution in [0.1, 0.15) is 11.1 Å². The van der Waals surface area contributed by atoms with Gasteiger partial charge < -0.3 is 14.8 Å². The van der Waals surface area contributed by atoms with Crippen molar-refractivity contribution in [1.29, 1.82) is 5.26 Å². The van der Waals surface area contributed by atoms with Crippen molar-refractivity contribution in [3.8, 4) is 17.6 Å². The molecule has 0 aromatic heterocycles. The number of rotatable bonds is 7. The van der Waals surface area contributed by atoms with Gasteiger partial charge in [-0.1, -0.05) is 30.3 Å². The number of carbonyl (C=O) groups is 1. The number of carbonyl (C=O) groups excluding carboxylic acids is 1. The first kappa shape index (κ1) is 22.8. The Morgan fingerprint density at radius 3 is 2.67 bits per heavy atom. The number of hydrogen-bond acceptors (Lipinski definition) is 4. The number of anilines is 1. The number of nitrogens with zero attached hydrogens (tertiary/aromatic N) is 1. The quantitative estimate of drug-likeness (QED) is 0.354. The summed E-state index contributed by atoms with van der Waals surface area (Å²) in [6.07, 6.45) is -1.80. The molecule has 1 N–H and O–H groups in total. The Bertz CT molecular complexity index is 1030. The Balaban J connectivity index is 2.31. The number of benzene rings is 2. The monoisotopic (exact) mass is 436 g/mol. The SMILES string of the molecule is C=CCOc1c(Cl)cc(/C=C(\C#N)C(=O)Nc2cccc(C(F)(F)F)c2)cc1OC. The summed E-state index contributed by atoms with van der Waals surface area (Å²) in [4.78, 5) is 12.4. The minimum absolute atomic E-state index is 0.0974. The van der Waals surface area contributed by atoms with Crippen LogP contribution in [0.5, 0.6) is 11.5 Å². The summed E-state index contributed by atoms with van der Waals surface area (Å²) >= 11 is 6.19. The zero-order chi connectivity index (χ0) is 22.3. The van der Waals surface area contributed by atoms with Crippen LogP contribution in [-0.2, 0) is 11.0 Å². The van der Waals surface area contributed by atoms with Crippen LogP contribution < -0.4 is 14.8 Å². The molecule has 0 saturated heterocycles. The van der Waals surface area contributed by atoms with Crippen LogP contribution in [0.25, 0.3) is 6.08 Å². The Labute approximate surface area is 176 Å². The van der Waals surface area contributed by atoms with E-state index in [9.17, 15) is 23.2 Å². The number of nitriles is 1. The lowest BCUT2D eigenvalue weighted by molar-refractivity contribution is -0.137. The van der Waals surface area contributed by atoms with Crippen molar-refractivity contribution in [2.75, 3.05) is 19.0 Å². The van der Waals surface area contributed by atoms with Gasteiger partial charge in [0.1, 0.15) is 18.2 Å². The van der Waals surface area contributed by atoms with E-state index in [0.29, 0.717) is 5.56 Å². The van der Waals surface area contributed by atoms with Gasteiger partial charge in [-0.05, 0) is 42.0 Å². The second-order valence-electron chi connectivity index (χ2n) is 5.84. The summed E-state index contributed by atoms with van der Waals surface area (Å²) in [5.74, 6) is -0.340. The Kier molecular flexibility index (Phi) is 7.50. The largest absolute Gasteiger partial charge is 0.493 e. The maximum Gasteiger partial charge on any atom is 0.416 e. The average Bonchev–Trinajstić information content (AvgIpc) is 2.70. The number of hydrogen-bond donors (Lipinski definition) is 1. The van der Waals surface area contributed by atoms with Crippen molar-refractivity contribution in [3.63, 3.8) is 0 Å². The van der Waals surface area contributed by atoms with E-state index in [0.717, 1.165) is 18.2 Å². The van der Waals surface area contributed by atoms with E-state index in [-0.39, 0.29) is 34.4 Å². The molecule has 2 aromatic carbocycles. The fraction of sp³-hybridized carbons (Fsp3) is 0.143. The van der Waals surface area contributed by atoms with Gasteiger partial charge in [0.25, 0.3) is 5.91 Å². The summed E-state index contributed by atoms with van der Waals surface area (Å²) in [6, 6.07) is 8.77. The number of nitrogens with one attached hydrogen (secondary N) is 1. The predicted molar refractivity (Wildman–Crippen MR) is 107 cm³/mol. The van der Waals surface area contributed by atoms with E-state index in [1.807, 2.05) is 0 Å². The van der Waals surface area contributed by atoms with E-state index in [2.05, 4.69) is 11.9 Å². The molecular formula is C21H16ClF3N2O3. The van der Waals surface area contributed by atoms with Crippen molar-refractivity contribution in [2.45, 2.75) is 6.18 Å². The van der Waals surface area contributed by atoms with E-state index in [1.54, 1.807) is 6.07 Å². The highest BCUT2D eigenvalue weighted by Crippen LogP contribution is 2.37. The van der Waals surface area contributed by atoms with Crippen molar-refractivity contribution in [1.82, 2.24) is 0 Å². The smallest absolute Gasteiger partial charge is 0.416 e. The van der Waals surface area contributed by atoms with Crippen LogP contribution in [0.15, 0.2) is 54.6 Å². The normalized spacial score (nSPS) is 11.4. The van der Waals surface area contributed by atoms with E-state index in [4.69, 9.17) is 21.1 Å². The zero-order valence-corrected chi connectivity index (χ0v) is 16.5. The van der Waals surface area contributed by atoms with Crippen molar-refractivity contribution in [2.24, 2.45) is 0 Å². The van der Waals surface area contributed by atoms with E-state index < -0.39 is 17.6 Å². The molecule has 1 amide bonds. The molecule has 0 aliphatic heterocycles. The molecular weight excluding hydrogens is 421 g/mol. The van der Waals surface area contributed by atoms with Gasteiger partial charge in [-0.2, -0.15) is 18.4 Å². The number of ether oxygens (including phenoxy) is 2. The first-order chi connectivity index (χ1) is 14.2. The van der Waals surface area contributed by atoms with Crippen LogP contribution in [-0.4, -0.2) is 19.6 Å². The standard InChI is InChI=1S/C21H16ClF3N2O3/c1-3-7-30-19-17(22)9-13(10-18(19)29-2)8-14(12-26)20(28)27-16-6-4-5-15(11-16)21(23,24)25/h3-6,8-11H,1,7H2,2H3,(H,27,28)/b14-8+. The van der Waals surface area contributed by atoms with Crippen molar-refractivity contribution in [3.05, 3.63) is 70.8 Å². The topological polar surface area (TPSA) is 71.3 Å². The fourth-order valence-corrected chi connectivity index (χ4v) is 2.67. The van der Waals surface area contributed by atoms with Crippen LogP contribution in [0.4, 0.5) is 18.9 Å². The van der Waals surface area contributed by atoms with E-state index >= 15 is 0 Å². The van der Waals surface area contributed by atoms with Gasteiger partial charge in [0, 0.05) is 5.69 Å². The number of halogens is 4. The van der Waals surface area contributed by atoms with Crippen molar-refractivity contribution < 1.29 is 27.4 Å². The highest BCUT2D eigenvalue weighted by Gasteiger charge is 2.30. The van der Waals surface area contributed by atoms with Crippen LogP contribution in [0.2, 0.25) is 5.02 Å². The molecule has 0 spiro atoms. The minimum atomic E-state index is -4.56. The molecule has 5 nitrogen and oxygen atoms in total. The molecule has 0 unspecified atom stereocenters. The number of methoxy groups -OCH3 is 1. The third-order valence-corrected chi connectivity index (χ3v) is 4.00. The van der Waals surface area contributed by atoms with Gasteiger partial charge in [0.2, 0.25) is 0 Å². The lowest BCUT2D eigenvalue weighted by Crippen LogP contribution is -2.14. The second kappa shape index (κ2) is 9.85. The lowest BCUT2D eigenvalue weighted by Gasteiger charge is -2.12. The third kappa shape index (κ3) is 5.78. The van der Waals surface area contributed by atoms with Gasteiger partial charge in [-0.3, -0.25) is 4.79 Å². The van der Waals surface area contributed by atoms with Crippen LogP contribution in [0.3, 0.4) is 0 Å². The molecule has 0 bridgehead atoms. The van der Waals surface area contributed by atoms with Crippen molar-refractivity contribution >= 4 is 29.3 Å². The first-order valence-corrected chi connectivity index (χ1v) is 8.79. The molecule has 0 heterocycles. The Hall–Kier alpha value is -3.44. The molecule has 0 saturated carbocycles. The van der Waals surface area contributed by atoms with E-state index in [1.165, 1.54) is 37.5 Å². The fourth-order valence-electron chi connectivity index (χ4n) is 2.39. The summed E-state index contributed by atoms with van der Waals surface area (Å²) in [7, 11) is 1.39. The summed E-state index contributed by atoms with van der Waals surface area (Å²) < 4.78 is 49.1. The van der Waals surface area contributed by atoms with Gasteiger partial charge in [0.15, 0.2) is 11.5 Å². The van der Waals surface area contributed by atoms with Gasteiger partial charge >= 0.3 is 6.18 Å². The first-order valence-electron chi connectivity index (χ1n) is 8.41. The zero-order valence-electron chi connectivity index (χ0n) is 15.7. The van der Waals surface area contributed by atoms with Gasteiger partial charge in [0.05, 0.1) is 17.7 Å². The third-order valence-electron chi connectivity index (χ3n) is 3.72. The summed E-state index contributed by atoms with van der Waals surface area (Å²) in [5, 5.41) is 11.8. The average molecular weight is 437 g/mol. The molecule has 0 radical (unpaired) electrons. The number of amides is 1.